The van der Waals surface area contributed by atoms with Gasteiger partial charge in [-0.3, -0.25) is 0 Å². The molecule has 90 valence electrons. The first-order valence-electron chi connectivity index (χ1n) is 4.90. The molecule has 0 fully saturated rings. The molecule has 1 rings (SSSR count). The molecule has 0 spiro atoms. The molecule has 0 aromatic heterocycles. The van der Waals surface area contributed by atoms with Crippen LogP contribution in [0.2, 0.25) is 0 Å². The number of unbranched alkanes of at least 4 members (excludes halogenated alkanes) is 1. The van der Waals surface area contributed by atoms with Crippen LogP contribution < -0.4 is 4.74 Å². The maximum atomic E-state index is 13.3. The lowest BCUT2D eigenvalue weighted by Gasteiger charge is -2.12. The zero-order valence-corrected chi connectivity index (χ0v) is 13.6. The number of benzene rings is 1. The fourth-order valence-electron chi connectivity index (χ4n) is 1.17. The Morgan fingerprint density at radius 3 is 2.62 bits per heavy atom. The van der Waals surface area contributed by atoms with E-state index in [4.69, 9.17) is 4.74 Å². The largest absolute Gasteiger partial charge is 0.491 e. The van der Waals surface area contributed by atoms with Gasteiger partial charge in [0.05, 0.1) is 15.6 Å². The van der Waals surface area contributed by atoms with Gasteiger partial charge < -0.3 is 4.74 Å². The maximum Gasteiger partial charge on any atom is 0.148 e. The first-order valence-corrected chi connectivity index (χ1v) is 7.61. The van der Waals surface area contributed by atoms with Crippen LogP contribution in [0, 0.1) is 12.7 Å². The number of rotatable bonds is 5. The standard InChI is InChI=1S/C11H12Br3FO/c1-7-9(15)6-8(13)11(10(7)14)16-5-3-2-4-12/h6H,2-5H2,1H3. The maximum absolute atomic E-state index is 13.3. The fourth-order valence-corrected chi connectivity index (χ4v) is 2.86. The van der Waals surface area contributed by atoms with E-state index >= 15 is 0 Å². The van der Waals surface area contributed by atoms with Crippen LogP contribution in [-0.2, 0) is 0 Å². The lowest BCUT2D eigenvalue weighted by Crippen LogP contribution is -2.00. The molecule has 1 aromatic carbocycles. The van der Waals surface area contributed by atoms with Crippen molar-refractivity contribution < 1.29 is 9.13 Å². The van der Waals surface area contributed by atoms with Gasteiger partial charge in [0.15, 0.2) is 0 Å². The third kappa shape index (κ3) is 3.70. The van der Waals surface area contributed by atoms with Crippen LogP contribution in [-0.4, -0.2) is 11.9 Å². The number of hydrogen-bond acceptors (Lipinski definition) is 1. The first kappa shape index (κ1) is 14.5. The molecule has 0 atom stereocenters. The SMILES string of the molecule is Cc1c(F)cc(Br)c(OCCCCBr)c1Br. The highest BCUT2D eigenvalue weighted by Crippen LogP contribution is 2.37. The highest BCUT2D eigenvalue weighted by Gasteiger charge is 2.13. The molecule has 1 aromatic rings. The van der Waals surface area contributed by atoms with E-state index in [0.717, 1.165) is 18.2 Å². The zero-order chi connectivity index (χ0) is 12.1. The molecule has 5 heteroatoms. The first-order chi connectivity index (χ1) is 7.57. The molecule has 0 aliphatic heterocycles. The van der Waals surface area contributed by atoms with Gasteiger partial charge in [-0.25, -0.2) is 4.39 Å². The van der Waals surface area contributed by atoms with E-state index < -0.39 is 0 Å². The Labute approximate surface area is 120 Å². The molecule has 0 heterocycles. The average molecular weight is 419 g/mol. The molecular formula is C11H12Br3FO. The van der Waals surface area contributed by atoms with Gasteiger partial charge in [-0.2, -0.15) is 0 Å². The van der Waals surface area contributed by atoms with Crippen molar-refractivity contribution in [2.24, 2.45) is 0 Å². The van der Waals surface area contributed by atoms with Crippen LogP contribution in [0.4, 0.5) is 4.39 Å². The van der Waals surface area contributed by atoms with E-state index in [1.165, 1.54) is 6.07 Å². The van der Waals surface area contributed by atoms with Crippen LogP contribution >= 0.6 is 47.8 Å². The van der Waals surface area contributed by atoms with E-state index in [1.54, 1.807) is 6.92 Å². The van der Waals surface area contributed by atoms with Gasteiger partial charge in [0, 0.05) is 10.9 Å². The molecule has 0 bridgehead atoms. The molecule has 1 nitrogen and oxygen atoms in total. The molecule has 0 saturated carbocycles. The van der Waals surface area contributed by atoms with E-state index in [-0.39, 0.29) is 5.82 Å². The van der Waals surface area contributed by atoms with Gasteiger partial charge in [0.2, 0.25) is 0 Å². The molecule has 0 saturated heterocycles. The summed E-state index contributed by atoms with van der Waals surface area (Å²) < 4.78 is 20.3. The van der Waals surface area contributed by atoms with Gasteiger partial charge in [-0.1, -0.05) is 15.9 Å². The minimum atomic E-state index is -0.244. The monoisotopic (exact) mass is 416 g/mol. The van der Waals surface area contributed by atoms with Crippen molar-refractivity contribution in [1.82, 2.24) is 0 Å². The minimum Gasteiger partial charge on any atom is -0.491 e. The third-order valence-electron chi connectivity index (χ3n) is 2.13. The fraction of sp³-hybridized carbons (Fsp3) is 0.455. The normalized spacial score (nSPS) is 10.6. The van der Waals surface area contributed by atoms with Gasteiger partial charge in [-0.05, 0) is 57.7 Å². The Kier molecular flexibility index (Phi) is 6.29. The molecule has 0 aliphatic rings. The molecule has 0 radical (unpaired) electrons. The average Bonchev–Trinajstić information content (AvgIpc) is 2.25. The summed E-state index contributed by atoms with van der Waals surface area (Å²) in [4.78, 5) is 0. The Bertz CT molecular complexity index is 369. The van der Waals surface area contributed by atoms with Crippen molar-refractivity contribution in [3.05, 3.63) is 26.4 Å². The van der Waals surface area contributed by atoms with Gasteiger partial charge >= 0.3 is 0 Å². The number of alkyl halides is 1. The summed E-state index contributed by atoms with van der Waals surface area (Å²) >= 11 is 10.0. The second kappa shape index (κ2) is 6.97. The van der Waals surface area contributed by atoms with Crippen molar-refractivity contribution in [2.45, 2.75) is 19.8 Å². The predicted octanol–water partition coefficient (Wildman–Crippen LogP) is 5.21. The number of ether oxygens (including phenoxy) is 1. The molecule has 0 amide bonds. The van der Waals surface area contributed by atoms with Crippen molar-refractivity contribution in [2.75, 3.05) is 11.9 Å². The summed E-state index contributed by atoms with van der Waals surface area (Å²) in [7, 11) is 0. The Morgan fingerprint density at radius 2 is 2.00 bits per heavy atom. The molecule has 0 aliphatic carbocycles. The second-order valence-electron chi connectivity index (χ2n) is 3.35. The van der Waals surface area contributed by atoms with Crippen molar-refractivity contribution in [3.63, 3.8) is 0 Å². The molecule has 16 heavy (non-hydrogen) atoms. The van der Waals surface area contributed by atoms with Crippen LogP contribution in [0.15, 0.2) is 15.0 Å². The van der Waals surface area contributed by atoms with Crippen molar-refractivity contribution in [3.8, 4) is 5.75 Å². The van der Waals surface area contributed by atoms with Crippen molar-refractivity contribution in [1.29, 1.82) is 0 Å². The highest BCUT2D eigenvalue weighted by molar-refractivity contribution is 9.11. The Hall–Kier alpha value is 0.390. The van der Waals surface area contributed by atoms with Crippen LogP contribution in [0.1, 0.15) is 18.4 Å². The van der Waals surface area contributed by atoms with Crippen LogP contribution in [0.5, 0.6) is 5.75 Å². The summed E-state index contributed by atoms with van der Waals surface area (Å²) in [6.45, 7) is 2.35. The quantitative estimate of drug-likeness (QED) is 0.471. The number of hydrogen-bond donors (Lipinski definition) is 0. The predicted molar refractivity (Wildman–Crippen MR) is 75.1 cm³/mol. The van der Waals surface area contributed by atoms with Gasteiger partial charge in [-0.15, -0.1) is 0 Å². The summed E-state index contributed by atoms with van der Waals surface area (Å²) in [6.07, 6.45) is 2.04. The van der Waals surface area contributed by atoms with Gasteiger partial charge in [0.1, 0.15) is 11.6 Å². The summed E-state index contributed by atoms with van der Waals surface area (Å²) in [5.74, 6) is 0.431. The smallest absolute Gasteiger partial charge is 0.148 e. The van der Waals surface area contributed by atoms with Crippen LogP contribution in [0.25, 0.3) is 0 Å². The molecule has 0 N–H and O–H groups in total. The summed E-state index contributed by atoms with van der Waals surface area (Å²) in [6, 6.07) is 1.43. The third-order valence-corrected chi connectivity index (χ3v) is 4.24. The number of halogens is 4. The van der Waals surface area contributed by atoms with E-state index in [1.807, 2.05) is 0 Å². The molecular weight excluding hydrogens is 407 g/mol. The van der Waals surface area contributed by atoms with Crippen molar-refractivity contribution >= 4 is 47.8 Å². The Balaban J connectivity index is 2.76. The minimum absolute atomic E-state index is 0.244. The zero-order valence-electron chi connectivity index (χ0n) is 8.83. The molecule has 0 unspecified atom stereocenters. The van der Waals surface area contributed by atoms with E-state index in [2.05, 4.69) is 47.8 Å². The van der Waals surface area contributed by atoms with Crippen LogP contribution in [0.3, 0.4) is 0 Å². The van der Waals surface area contributed by atoms with Gasteiger partial charge in [0.25, 0.3) is 0 Å². The second-order valence-corrected chi connectivity index (χ2v) is 5.79. The van der Waals surface area contributed by atoms with E-state index in [9.17, 15) is 4.39 Å². The Morgan fingerprint density at radius 1 is 1.31 bits per heavy atom. The van der Waals surface area contributed by atoms with E-state index in [0.29, 0.717) is 26.9 Å². The summed E-state index contributed by atoms with van der Waals surface area (Å²) in [5.41, 5.74) is 0.568. The lowest BCUT2D eigenvalue weighted by atomic mass is 10.2. The highest BCUT2D eigenvalue weighted by atomic mass is 79.9. The topological polar surface area (TPSA) is 9.23 Å². The summed E-state index contributed by atoms with van der Waals surface area (Å²) in [5, 5.41) is 0.973. The lowest BCUT2D eigenvalue weighted by molar-refractivity contribution is 0.305.